The summed E-state index contributed by atoms with van der Waals surface area (Å²) in [6, 6.07) is 0.0343. The Hall–Kier alpha value is -0.940. The van der Waals surface area contributed by atoms with Gasteiger partial charge >= 0.3 is 0 Å². The Balaban J connectivity index is 1.68. The van der Waals surface area contributed by atoms with Gasteiger partial charge in [0.05, 0.1) is 12.1 Å². The van der Waals surface area contributed by atoms with E-state index in [2.05, 4.69) is 15.5 Å². The summed E-state index contributed by atoms with van der Waals surface area (Å²) in [6.07, 6.45) is 7.95. The molecule has 5 heteroatoms. The van der Waals surface area contributed by atoms with Crippen LogP contribution in [0.2, 0.25) is 0 Å². The predicted octanol–water partition coefficient (Wildman–Crippen LogP) is 1.90. The van der Waals surface area contributed by atoms with Crippen molar-refractivity contribution in [2.24, 2.45) is 0 Å². The zero-order valence-corrected chi connectivity index (χ0v) is 10.6. The zero-order valence-electron chi connectivity index (χ0n) is 10.6. The first-order valence-corrected chi connectivity index (χ1v) is 7.08. The largest absolute Gasteiger partial charge is 0.392 e. The van der Waals surface area contributed by atoms with E-state index >= 15 is 0 Å². The van der Waals surface area contributed by atoms with Gasteiger partial charge in [-0.25, -0.2) is 0 Å². The van der Waals surface area contributed by atoms with E-state index in [1.165, 1.54) is 38.5 Å². The Morgan fingerprint density at radius 2 is 1.94 bits per heavy atom. The molecular weight excluding hydrogens is 230 g/mol. The Kier molecular flexibility index (Phi) is 3.61. The van der Waals surface area contributed by atoms with Crippen molar-refractivity contribution in [1.29, 1.82) is 0 Å². The van der Waals surface area contributed by atoms with Crippen molar-refractivity contribution < 1.29 is 9.63 Å². The van der Waals surface area contributed by atoms with Crippen molar-refractivity contribution in [3.63, 3.8) is 0 Å². The summed E-state index contributed by atoms with van der Waals surface area (Å²) in [6.45, 7) is 0.617. The standard InChI is InChI=1S/C13H21N3O2/c17-10-7-11(14-8-10)13-15-12(16-18-13)9-5-3-1-2-4-6-9/h9-11,14,17H,1-8H2. The number of rotatable bonds is 2. The molecule has 0 amide bonds. The molecule has 2 unspecified atom stereocenters. The van der Waals surface area contributed by atoms with Crippen LogP contribution in [-0.2, 0) is 0 Å². The zero-order chi connectivity index (χ0) is 12.4. The highest BCUT2D eigenvalue weighted by Crippen LogP contribution is 2.31. The summed E-state index contributed by atoms with van der Waals surface area (Å²) in [7, 11) is 0. The van der Waals surface area contributed by atoms with Crippen LogP contribution in [0.4, 0.5) is 0 Å². The van der Waals surface area contributed by atoms with Crippen molar-refractivity contribution in [3.05, 3.63) is 11.7 Å². The lowest BCUT2D eigenvalue weighted by atomic mass is 10.00. The van der Waals surface area contributed by atoms with E-state index in [9.17, 15) is 5.11 Å². The number of nitrogens with zero attached hydrogens (tertiary/aromatic N) is 2. The van der Waals surface area contributed by atoms with Gasteiger partial charge in [0.1, 0.15) is 0 Å². The molecule has 0 radical (unpaired) electrons. The second-order valence-corrected chi connectivity index (χ2v) is 5.53. The van der Waals surface area contributed by atoms with Gasteiger partial charge in [0.25, 0.3) is 0 Å². The molecule has 2 heterocycles. The van der Waals surface area contributed by atoms with Gasteiger partial charge in [-0.2, -0.15) is 4.98 Å². The second-order valence-electron chi connectivity index (χ2n) is 5.53. The maximum absolute atomic E-state index is 9.50. The molecule has 1 saturated heterocycles. The first-order chi connectivity index (χ1) is 8.83. The normalized spacial score (nSPS) is 30.5. The van der Waals surface area contributed by atoms with Crippen LogP contribution in [0.5, 0.6) is 0 Å². The van der Waals surface area contributed by atoms with E-state index in [1.54, 1.807) is 0 Å². The number of hydrogen-bond donors (Lipinski definition) is 2. The average molecular weight is 251 g/mol. The average Bonchev–Trinajstić information content (AvgIpc) is 2.92. The Bertz CT molecular complexity index is 385. The summed E-state index contributed by atoms with van der Waals surface area (Å²) >= 11 is 0. The highest BCUT2D eigenvalue weighted by Gasteiger charge is 2.29. The molecule has 5 nitrogen and oxygen atoms in total. The van der Waals surface area contributed by atoms with Crippen LogP contribution in [0, 0.1) is 0 Å². The summed E-state index contributed by atoms with van der Waals surface area (Å²) < 4.78 is 5.36. The fourth-order valence-corrected chi connectivity index (χ4v) is 3.00. The molecule has 100 valence electrons. The third kappa shape index (κ3) is 2.57. The highest BCUT2D eigenvalue weighted by molar-refractivity contribution is 5.01. The van der Waals surface area contributed by atoms with Crippen LogP contribution in [0.15, 0.2) is 4.52 Å². The minimum absolute atomic E-state index is 0.0343. The maximum Gasteiger partial charge on any atom is 0.243 e. The molecule has 0 bridgehead atoms. The van der Waals surface area contributed by atoms with Gasteiger partial charge in [-0.05, 0) is 19.3 Å². The molecule has 0 spiro atoms. The minimum atomic E-state index is -0.289. The van der Waals surface area contributed by atoms with Crippen LogP contribution < -0.4 is 5.32 Å². The third-order valence-electron chi connectivity index (χ3n) is 4.08. The number of nitrogens with one attached hydrogen (secondary N) is 1. The van der Waals surface area contributed by atoms with Crippen molar-refractivity contribution in [3.8, 4) is 0 Å². The Morgan fingerprint density at radius 3 is 2.61 bits per heavy atom. The summed E-state index contributed by atoms with van der Waals surface area (Å²) in [5, 5.41) is 16.8. The predicted molar refractivity (Wildman–Crippen MR) is 66.1 cm³/mol. The Morgan fingerprint density at radius 1 is 1.17 bits per heavy atom. The van der Waals surface area contributed by atoms with Crippen LogP contribution >= 0.6 is 0 Å². The smallest absolute Gasteiger partial charge is 0.243 e. The van der Waals surface area contributed by atoms with Crippen molar-refractivity contribution in [1.82, 2.24) is 15.5 Å². The monoisotopic (exact) mass is 251 g/mol. The van der Waals surface area contributed by atoms with E-state index in [-0.39, 0.29) is 12.1 Å². The van der Waals surface area contributed by atoms with Crippen LogP contribution in [-0.4, -0.2) is 27.9 Å². The molecule has 1 aromatic heterocycles. The SMILES string of the molecule is OC1CNC(c2nc(C3CCCCCC3)no2)C1. The number of aliphatic hydroxyl groups is 1. The summed E-state index contributed by atoms with van der Waals surface area (Å²) in [4.78, 5) is 4.54. The van der Waals surface area contributed by atoms with E-state index in [1.807, 2.05) is 0 Å². The third-order valence-corrected chi connectivity index (χ3v) is 4.08. The summed E-state index contributed by atoms with van der Waals surface area (Å²) in [5.74, 6) is 1.98. The highest BCUT2D eigenvalue weighted by atomic mass is 16.5. The molecule has 2 aliphatic rings. The second kappa shape index (κ2) is 5.36. The number of aromatic nitrogens is 2. The van der Waals surface area contributed by atoms with E-state index in [0.717, 1.165) is 5.82 Å². The first kappa shape index (κ1) is 12.1. The maximum atomic E-state index is 9.50. The van der Waals surface area contributed by atoms with E-state index in [4.69, 9.17) is 4.52 Å². The molecule has 1 saturated carbocycles. The van der Waals surface area contributed by atoms with Crippen LogP contribution in [0.25, 0.3) is 0 Å². The molecule has 1 aliphatic carbocycles. The molecule has 3 rings (SSSR count). The molecule has 2 atom stereocenters. The van der Waals surface area contributed by atoms with Crippen LogP contribution in [0.1, 0.15) is 68.6 Å². The van der Waals surface area contributed by atoms with Crippen molar-refractivity contribution in [2.45, 2.75) is 63.0 Å². The fourth-order valence-electron chi connectivity index (χ4n) is 3.00. The number of β-amino-alcohol motifs (C(OH)–C–C–N with tert-alkyl or cyclic N) is 1. The summed E-state index contributed by atoms with van der Waals surface area (Å²) in [5.41, 5.74) is 0. The van der Waals surface area contributed by atoms with Crippen molar-refractivity contribution >= 4 is 0 Å². The van der Waals surface area contributed by atoms with E-state index in [0.29, 0.717) is 24.8 Å². The first-order valence-electron chi connectivity index (χ1n) is 7.08. The Labute approximate surface area is 107 Å². The topological polar surface area (TPSA) is 71.2 Å². The molecule has 1 aliphatic heterocycles. The minimum Gasteiger partial charge on any atom is -0.392 e. The number of aliphatic hydroxyl groups excluding tert-OH is 1. The van der Waals surface area contributed by atoms with Gasteiger partial charge in [-0.3, -0.25) is 0 Å². The molecular formula is C13H21N3O2. The van der Waals surface area contributed by atoms with Gasteiger partial charge in [0, 0.05) is 12.5 Å². The van der Waals surface area contributed by atoms with Crippen molar-refractivity contribution in [2.75, 3.05) is 6.54 Å². The molecule has 2 N–H and O–H groups in total. The lowest BCUT2D eigenvalue weighted by Crippen LogP contribution is -2.15. The number of hydrogen-bond acceptors (Lipinski definition) is 5. The van der Waals surface area contributed by atoms with Gasteiger partial charge in [0.15, 0.2) is 5.82 Å². The van der Waals surface area contributed by atoms with E-state index < -0.39 is 0 Å². The molecule has 0 aromatic carbocycles. The molecule has 1 aromatic rings. The van der Waals surface area contributed by atoms with Gasteiger partial charge in [0.2, 0.25) is 5.89 Å². The van der Waals surface area contributed by atoms with Gasteiger partial charge in [-0.1, -0.05) is 30.8 Å². The molecule has 2 fully saturated rings. The fraction of sp³-hybridized carbons (Fsp3) is 0.846. The van der Waals surface area contributed by atoms with Gasteiger partial charge in [-0.15, -0.1) is 0 Å². The molecule has 18 heavy (non-hydrogen) atoms. The quantitative estimate of drug-likeness (QED) is 0.786. The van der Waals surface area contributed by atoms with Crippen LogP contribution in [0.3, 0.4) is 0 Å². The lowest BCUT2D eigenvalue weighted by Gasteiger charge is -2.07. The lowest BCUT2D eigenvalue weighted by molar-refractivity contribution is 0.191. The van der Waals surface area contributed by atoms with Gasteiger partial charge < -0.3 is 14.9 Å².